The van der Waals surface area contributed by atoms with Gasteiger partial charge in [-0.25, -0.2) is 0 Å². The highest BCUT2D eigenvalue weighted by Crippen LogP contribution is 2.39. The van der Waals surface area contributed by atoms with E-state index in [-0.39, 0.29) is 0 Å². The van der Waals surface area contributed by atoms with Crippen molar-refractivity contribution in [3.63, 3.8) is 0 Å². The summed E-state index contributed by atoms with van der Waals surface area (Å²) in [5, 5.41) is 0. The van der Waals surface area contributed by atoms with Gasteiger partial charge in [0, 0.05) is 19.4 Å². The molecule has 2 rings (SSSR count). The van der Waals surface area contributed by atoms with Gasteiger partial charge in [0.2, 0.25) is 0 Å². The minimum Gasteiger partial charge on any atom is -0.381 e. The van der Waals surface area contributed by atoms with Crippen LogP contribution in [0.1, 0.15) is 38.5 Å². The molecule has 0 heterocycles. The van der Waals surface area contributed by atoms with Crippen molar-refractivity contribution < 1.29 is 9.53 Å². The maximum absolute atomic E-state index is 11.6. The highest BCUT2D eigenvalue weighted by molar-refractivity contribution is 5.82. The Labute approximate surface area is 79.7 Å². The first kappa shape index (κ1) is 9.20. The van der Waals surface area contributed by atoms with E-state index in [2.05, 4.69) is 0 Å². The first-order valence-electron chi connectivity index (χ1n) is 5.36. The molecule has 0 amide bonds. The molecule has 2 aliphatic rings. The third-order valence-corrected chi connectivity index (χ3v) is 3.68. The Morgan fingerprint density at radius 3 is 2.92 bits per heavy atom. The third kappa shape index (κ3) is 1.78. The van der Waals surface area contributed by atoms with Gasteiger partial charge in [-0.05, 0) is 38.0 Å². The molecule has 0 bridgehead atoms. The summed E-state index contributed by atoms with van der Waals surface area (Å²) in [5.41, 5.74) is 0. The normalized spacial score (nSPS) is 40.1. The van der Waals surface area contributed by atoms with E-state index in [9.17, 15) is 4.79 Å². The molecule has 0 spiro atoms. The largest absolute Gasteiger partial charge is 0.381 e. The van der Waals surface area contributed by atoms with E-state index in [0.29, 0.717) is 23.7 Å². The zero-order valence-corrected chi connectivity index (χ0v) is 8.29. The molecule has 2 nitrogen and oxygen atoms in total. The summed E-state index contributed by atoms with van der Waals surface area (Å²) in [4.78, 5) is 11.6. The maximum atomic E-state index is 11.6. The second-order valence-corrected chi connectivity index (χ2v) is 4.40. The van der Waals surface area contributed by atoms with Crippen molar-refractivity contribution in [1.82, 2.24) is 0 Å². The van der Waals surface area contributed by atoms with Crippen LogP contribution in [0.4, 0.5) is 0 Å². The van der Waals surface area contributed by atoms with Crippen LogP contribution in [0.25, 0.3) is 0 Å². The molecule has 0 aromatic heterocycles. The molecule has 0 saturated heterocycles. The number of hydrogen-bond acceptors (Lipinski definition) is 2. The maximum Gasteiger partial charge on any atom is 0.136 e. The summed E-state index contributed by atoms with van der Waals surface area (Å²) in [6.45, 7) is 0. The van der Waals surface area contributed by atoms with Crippen LogP contribution in [0.3, 0.4) is 0 Å². The Bertz CT molecular complexity index is 200. The average Bonchev–Trinajstić information content (AvgIpc) is 2.18. The molecule has 2 fully saturated rings. The Morgan fingerprint density at radius 1 is 1.31 bits per heavy atom. The van der Waals surface area contributed by atoms with Gasteiger partial charge < -0.3 is 4.74 Å². The Hall–Kier alpha value is -0.370. The number of carbonyl (C=O) groups excluding carboxylic acids is 1. The number of rotatable bonds is 1. The predicted octanol–water partition coefficient (Wildman–Crippen LogP) is 2.17. The number of methoxy groups -OCH3 is 1. The lowest BCUT2D eigenvalue weighted by molar-refractivity contribution is -0.129. The smallest absolute Gasteiger partial charge is 0.136 e. The van der Waals surface area contributed by atoms with Gasteiger partial charge in [0.15, 0.2) is 0 Å². The number of carbonyl (C=O) groups is 1. The van der Waals surface area contributed by atoms with Gasteiger partial charge in [0.25, 0.3) is 0 Å². The van der Waals surface area contributed by atoms with Crippen LogP contribution in [-0.2, 0) is 9.53 Å². The lowest BCUT2D eigenvalue weighted by Crippen LogP contribution is -2.36. The van der Waals surface area contributed by atoms with Crippen LogP contribution < -0.4 is 0 Å². The zero-order valence-electron chi connectivity index (χ0n) is 8.29. The fourth-order valence-electron chi connectivity index (χ4n) is 2.90. The molecule has 2 aliphatic carbocycles. The van der Waals surface area contributed by atoms with Crippen molar-refractivity contribution in [3.8, 4) is 0 Å². The van der Waals surface area contributed by atoms with Crippen LogP contribution in [0.2, 0.25) is 0 Å². The highest BCUT2D eigenvalue weighted by atomic mass is 16.5. The van der Waals surface area contributed by atoms with Crippen LogP contribution in [0.15, 0.2) is 0 Å². The molecule has 13 heavy (non-hydrogen) atoms. The quantitative estimate of drug-likeness (QED) is 0.621. The van der Waals surface area contributed by atoms with E-state index in [1.165, 1.54) is 6.42 Å². The average molecular weight is 182 g/mol. The minimum absolute atomic E-state index is 0.389. The Kier molecular flexibility index (Phi) is 2.68. The van der Waals surface area contributed by atoms with Crippen molar-refractivity contribution in [2.45, 2.75) is 44.6 Å². The predicted molar refractivity (Wildman–Crippen MR) is 50.5 cm³/mol. The van der Waals surface area contributed by atoms with Crippen LogP contribution >= 0.6 is 0 Å². The van der Waals surface area contributed by atoms with Gasteiger partial charge in [-0.2, -0.15) is 0 Å². The van der Waals surface area contributed by atoms with E-state index < -0.39 is 0 Å². The molecule has 0 radical (unpaired) electrons. The Morgan fingerprint density at radius 2 is 2.15 bits per heavy atom. The molecular weight excluding hydrogens is 164 g/mol. The van der Waals surface area contributed by atoms with Gasteiger partial charge in [0.05, 0.1) is 6.10 Å². The zero-order chi connectivity index (χ0) is 9.26. The molecule has 74 valence electrons. The number of Topliss-reactive ketones (excluding diaryl/α,β-unsaturated/α-hetero) is 1. The molecule has 0 aromatic rings. The van der Waals surface area contributed by atoms with E-state index in [1.807, 2.05) is 0 Å². The summed E-state index contributed by atoms with van der Waals surface area (Å²) >= 11 is 0. The third-order valence-electron chi connectivity index (χ3n) is 3.68. The number of ketones is 1. The minimum atomic E-state index is 0.389. The van der Waals surface area contributed by atoms with Gasteiger partial charge in [-0.1, -0.05) is 0 Å². The van der Waals surface area contributed by atoms with Crippen LogP contribution in [0.5, 0.6) is 0 Å². The monoisotopic (exact) mass is 182 g/mol. The summed E-state index contributed by atoms with van der Waals surface area (Å²) in [6, 6.07) is 0. The topological polar surface area (TPSA) is 26.3 Å². The van der Waals surface area contributed by atoms with Crippen molar-refractivity contribution in [3.05, 3.63) is 0 Å². The van der Waals surface area contributed by atoms with Crippen molar-refractivity contribution in [2.24, 2.45) is 11.8 Å². The van der Waals surface area contributed by atoms with Crippen molar-refractivity contribution in [2.75, 3.05) is 7.11 Å². The van der Waals surface area contributed by atoms with Crippen LogP contribution in [0, 0.1) is 11.8 Å². The van der Waals surface area contributed by atoms with Crippen molar-refractivity contribution >= 4 is 5.78 Å². The molecule has 0 N–H and O–H groups in total. The highest BCUT2D eigenvalue weighted by Gasteiger charge is 2.36. The van der Waals surface area contributed by atoms with Crippen LogP contribution in [-0.4, -0.2) is 19.0 Å². The second-order valence-electron chi connectivity index (χ2n) is 4.40. The first-order valence-corrected chi connectivity index (χ1v) is 5.36. The standard InChI is InChI=1S/C11H18O2/c1-13-9-5-6-10-8(7-9)3-2-4-11(10)12/h8-10H,2-7H2,1H3. The second kappa shape index (κ2) is 3.79. The molecule has 0 aliphatic heterocycles. The molecule has 3 unspecified atom stereocenters. The van der Waals surface area contributed by atoms with Gasteiger partial charge in [-0.15, -0.1) is 0 Å². The molecule has 0 aromatic carbocycles. The molecule has 2 saturated carbocycles. The SMILES string of the molecule is COC1CCC2C(=O)CCCC2C1. The number of fused-ring (bicyclic) bond motifs is 1. The lowest BCUT2D eigenvalue weighted by Gasteiger charge is -2.37. The fourth-order valence-corrected chi connectivity index (χ4v) is 2.90. The first-order chi connectivity index (χ1) is 6.31. The Balaban J connectivity index is 1.99. The number of hydrogen-bond donors (Lipinski definition) is 0. The number of ether oxygens (including phenoxy) is 1. The lowest BCUT2D eigenvalue weighted by atomic mass is 9.69. The van der Waals surface area contributed by atoms with Crippen molar-refractivity contribution in [1.29, 1.82) is 0 Å². The van der Waals surface area contributed by atoms with Gasteiger partial charge in [-0.3, -0.25) is 4.79 Å². The van der Waals surface area contributed by atoms with E-state index in [0.717, 1.165) is 32.1 Å². The fraction of sp³-hybridized carbons (Fsp3) is 0.909. The van der Waals surface area contributed by atoms with Gasteiger partial charge in [0.1, 0.15) is 5.78 Å². The molecule has 2 heteroatoms. The molecular formula is C11H18O2. The van der Waals surface area contributed by atoms with E-state index in [1.54, 1.807) is 7.11 Å². The summed E-state index contributed by atoms with van der Waals surface area (Å²) in [6.07, 6.45) is 6.89. The summed E-state index contributed by atoms with van der Waals surface area (Å²) in [7, 11) is 1.79. The summed E-state index contributed by atoms with van der Waals surface area (Å²) < 4.78 is 5.36. The summed E-state index contributed by atoms with van der Waals surface area (Å²) in [5.74, 6) is 1.55. The van der Waals surface area contributed by atoms with E-state index >= 15 is 0 Å². The molecule has 3 atom stereocenters. The van der Waals surface area contributed by atoms with E-state index in [4.69, 9.17) is 4.74 Å². The van der Waals surface area contributed by atoms with Gasteiger partial charge >= 0.3 is 0 Å².